The normalized spacial score (nSPS) is 23.4. The maximum Gasteiger partial charge on any atom is 0.410 e. The first-order valence-corrected chi connectivity index (χ1v) is 29.9. The van der Waals surface area contributed by atoms with Crippen LogP contribution in [0.15, 0.2) is 49.6 Å². The van der Waals surface area contributed by atoms with Crippen molar-refractivity contribution < 1.29 is 33.4 Å². The number of nitrogens with zero attached hydrogens (tertiary/aromatic N) is 12. The molecule has 4 aromatic heterocycles. The Hall–Kier alpha value is -6.54. The van der Waals surface area contributed by atoms with Crippen LogP contribution in [0.2, 0.25) is 10.3 Å². The van der Waals surface area contributed by atoms with Crippen molar-refractivity contribution in [3.63, 3.8) is 0 Å². The van der Waals surface area contributed by atoms with E-state index < -0.39 is 11.2 Å². The van der Waals surface area contributed by atoms with Crippen LogP contribution < -0.4 is 42.5 Å². The van der Waals surface area contributed by atoms with Gasteiger partial charge in [0.2, 0.25) is 17.1 Å². The molecule has 3 aliphatic carbocycles. The molecule has 0 bridgehead atoms. The molecular formula is C56H79Cl3N18O7. The summed E-state index contributed by atoms with van der Waals surface area (Å²) >= 11 is 16.0. The fourth-order valence-corrected chi connectivity index (χ4v) is 11.0. The van der Waals surface area contributed by atoms with Gasteiger partial charge in [0.25, 0.3) is 0 Å². The first-order chi connectivity index (χ1) is 39.9. The number of carbonyl (C=O) groups is 5. The Morgan fingerprint density at radius 3 is 1.42 bits per heavy atom. The van der Waals surface area contributed by atoms with Gasteiger partial charge >= 0.3 is 12.2 Å². The van der Waals surface area contributed by atoms with Gasteiger partial charge in [0.15, 0.2) is 11.6 Å². The fraction of sp³-hybridized carbons (Fsp3) is 0.625. The zero-order valence-corrected chi connectivity index (χ0v) is 50.8. The Balaban J connectivity index is 0.000000143. The molecule has 6 aliphatic heterocycles. The smallest absolute Gasteiger partial charge is 0.410 e. The Morgan fingerprint density at radius 1 is 0.548 bits per heavy atom. The average Bonchev–Trinajstić information content (AvgIpc) is 2.73. The minimum absolute atomic E-state index is 0.0107. The maximum atomic E-state index is 12.4. The summed E-state index contributed by atoms with van der Waals surface area (Å²) in [4.78, 5) is 98.2. The number of fused-ring (bicyclic) bond motifs is 3. The molecule has 6 saturated heterocycles. The van der Waals surface area contributed by atoms with Gasteiger partial charge in [-0.2, -0.15) is 0 Å². The van der Waals surface area contributed by atoms with E-state index in [0.29, 0.717) is 59.9 Å². The van der Waals surface area contributed by atoms with E-state index in [-0.39, 0.29) is 64.2 Å². The first-order valence-electron chi connectivity index (χ1n) is 28.8. The lowest BCUT2D eigenvalue weighted by atomic mass is 10.1. The molecule has 25 nitrogen and oxygen atoms in total. The van der Waals surface area contributed by atoms with E-state index in [4.69, 9.17) is 55.7 Å². The van der Waals surface area contributed by atoms with E-state index in [1.807, 2.05) is 41.5 Å². The van der Waals surface area contributed by atoms with Gasteiger partial charge in [-0.1, -0.05) is 23.2 Å². The molecule has 10 heterocycles. The second-order valence-corrected chi connectivity index (χ2v) is 25.5. The number of nitrogen functional groups attached to an aromatic ring is 2. The Kier molecular flexibility index (Phi) is 21.6. The van der Waals surface area contributed by atoms with Crippen molar-refractivity contribution >= 4 is 99.0 Å². The van der Waals surface area contributed by atoms with Crippen molar-refractivity contribution in [3.8, 4) is 0 Å². The summed E-state index contributed by atoms with van der Waals surface area (Å²) in [6, 6.07) is 1.29. The van der Waals surface area contributed by atoms with Crippen LogP contribution in [0.1, 0.15) is 99.3 Å². The van der Waals surface area contributed by atoms with E-state index in [1.54, 1.807) is 34.6 Å². The number of halogens is 3. The number of hydrogen-bond donors (Lipinski definition) is 6. The predicted octanol–water partition coefficient (Wildman–Crippen LogP) is 6.70. The number of nitrogens with two attached hydrogens (primary N) is 2. The molecule has 4 amide bonds. The number of rotatable bonds is 7. The summed E-state index contributed by atoms with van der Waals surface area (Å²) < 4.78 is 11.0. The molecule has 13 rings (SSSR count). The zero-order chi connectivity index (χ0) is 60.3. The highest BCUT2D eigenvalue weighted by atomic mass is 35.5. The first kappa shape index (κ1) is 63.5. The summed E-state index contributed by atoms with van der Waals surface area (Å²) in [7, 11) is 0. The van der Waals surface area contributed by atoms with Gasteiger partial charge in [-0.15, -0.1) is 0 Å². The molecule has 6 unspecified atom stereocenters. The number of carbonyl (C=O) groups excluding carboxylic acids is 5. The van der Waals surface area contributed by atoms with E-state index >= 15 is 0 Å². The van der Waals surface area contributed by atoms with Crippen molar-refractivity contribution in [1.29, 1.82) is 0 Å². The summed E-state index contributed by atoms with van der Waals surface area (Å²) in [5.74, 6) is 5.60. The van der Waals surface area contributed by atoms with Gasteiger partial charge < -0.3 is 61.8 Å². The summed E-state index contributed by atoms with van der Waals surface area (Å²) in [6.45, 7) is 19.5. The monoisotopic (exact) mass is 1220 g/mol. The molecule has 3 saturated carbocycles. The Morgan fingerprint density at radius 2 is 1.00 bits per heavy atom. The van der Waals surface area contributed by atoms with Crippen LogP contribution in [0.25, 0.3) is 0 Å². The van der Waals surface area contributed by atoms with Gasteiger partial charge in [0.05, 0.1) is 61.7 Å². The molecule has 28 heteroatoms. The minimum atomic E-state index is -0.492. The molecule has 8 N–H and O–H groups in total. The maximum absolute atomic E-state index is 12.4. The number of hydrogen-bond acceptors (Lipinski definition) is 21. The lowest BCUT2D eigenvalue weighted by molar-refractivity contribution is -0.118. The van der Waals surface area contributed by atoms with Crippen molar-refractivity contribution in [2.24, 2.45) is 35.5 Å². The van der Waals surface area contributed by atoms with E-state index in [0.717, 1.165) is 94.6 Å². The largest absolute Gasteiger partial charge is 0.444 e. The molecule has 6 atom stereocenters. The topological polar surface area (TPSA) is 320 Å². The van der Waals surface area contributed by atoms with Crippen LogP contribution >= 0.6 is 34.8 Å². The van der Waals surface area contributed by atoms with Crippen LogP contribution in [0.5, 0.6) is 0 Å². The molecule has 0 radical (unpaired) electrons. The third-order valence-corrected chi connectivity index (χ3v) is 15.7. The second-order valence-electron chi connectivity index (χ2n) is 24.3. The zero-order valence-electron chi connectivity index (χ0n) is 48.6. The third-order valence-electron chi connectivity index (χ3n) is 15.0. The van der Waals surface area contributed by atoms with Crippen LogP contribution in [0.3, 0.4) is 0 Å². The van der Waals surface area contributed by atoms with Crippen molar-refractivity contribution in [2.45, 2.75) is 129 Å². The summed E-state index contributed by atoms with van der Waals surface area (Å²) in [6.07, 6.45) is 21.2. The van der Waals surface area contributed by atoms with Crippen LogP contribution in [0, 0.1) is 35.5 Å². The van der Waals surface area contributed by atoms with Crippen LogP contribution in [-0.2, 0) is 23.9 Å². The molecule has 9 aliphatic rings. The van der Waals surface area contributed by atoms with Crippen molar-refractivity contribution in [1.82, 2.24) is 60.3 Å². The van der Waals surface area contributed by atoms with Crippen LogP contribution in [0.4, 0.5) is 44.5 Å². The highest BCUT2D eigenvalue weighted by Gasteiger charge is 2.46. The molecule has 0 aromatic carbocycles. The molecule has 84 heavy (non-hydrogen) atoms. The highest BCUT2D eigenvalue weighted by molar-refractivity contribution is 6.64. The van der Waals surface area contributed by atoms with Crippen LogP contribution in [-0.4, -0.2) is 167 Å². The van der Waals surface area contributed by atoms with Gasteiger partial charge in [-0.3, -0.25) is 34.3 Å². The lowest BCUT2D eigenvalue weighted by Gasteiger charge is -2.27. The van der Waals surface area contributed by atoms with Crippen molar-refractivity contribution in [3.05, 3.63) is 59.9 Å². The number of amides is 4. The number of likely N-dealkylation sites (tertiary alicyclic amines) is 2. The molecule has 0 spiro atoms. The lowest BCUT2D eigenvalue weighted by Crippen LogP contribution is -2.39. The quantitative estimate of drug-likeness (QED) is 0.105. The number of aromatic nitrogens is 8. The highest BCUT2D eigenvalue weighted by Crippen LogP contribution is 2.37. The van der Waals surface area contributed by atoms with Crippen molar-refractivity contribution in [2.75, 3.05) is 90.8 Å². The fourth-order valence-electron chi connectivity index (χ4n) is 10.5. The van der Waals surface area contributed by atoms with Gasteiger partial charge in [0, 0.05) is 81.4 Å². The van der Waals surface area contributed by atoms with Gasteiger partial charge in [-0.25, -0.2) is 29.5 Å². The van der Waals surface area contributed by atoms with E-state index in [2.05, 4.69) is 70.9 Å². The Labute approximate surface area is 505 Å². The molecule has 9 fully saturated rings. The summed E-state index contributed by atoms with van der Waals surface area (Å²) in [5, 5.41) is 12.8. The molecular weight excluding hydrogens is 1140 g/mol. The van der Waals surface area contributed by atoms with Gasteiger partial charge in [-0.05, 0) is 130 Å². The number of ether oxygens (including phenoxy) is 2. The summed E-state index contributed by atoms with van der Waals surface area (Å²) in [5.41, 5.74) is 9.97. The van der Waals surface area contributed by atoms with Gasteiger partial charge in [0.1, 0.15) is 44.8 Å². The molecule has 4 aromatic rings. The van der Waals surface area contributed by atoms with E-state index in [9.17, 15) is 24.0 Å². The predicted molar refractivity (Wildman–Crippen MR) is 320 cm³/mol. The van der Waals surface area contributed by atoms with E-state index in [1.165, 1.54) is 50.8 Å². The number of anilines is 6. The Bertz CT molecular complexity index is 2870. The molecule has 456 valence electrons. The number of nitrogens with one attached hydrogen (secondary N) is 4. The second kappa shape index (κ2) is 28.6. The SMILES string of the molecule is C1CC2CNCC2N1.CC(C)(C)OC(=O)N1CC2CCN(c3cncc(N)n3)C2C1.CC(C)(C)OC(=O)N1CC2CCN(c3cncc(NC(=O)C4CC4)n3)C2C1.Nc1cncc(Cl)n1.O=C(Cl)C1CC1.O=C(Nc1cncc(Cl)n1)C1CC1. The standard InChI is InChI=1S/C19H27N5O3.C15H23N5O2.C8H8ClN3O.C6H12N2.C4H4ClN3.C4H5ClO/c1-19(2,3)27-18(26)23-10-13-6-7-24(14(13)11-23)16-9-20-8-15(21-16)22-17(25)12-4-5-12;1-15(2,3)22-14(21)19-8-10-4-5-20(11(10)9-19)13-7-17-6-12(16)18-13;9-6-3-10-4-7(11-6)12-8(13)5-1-2-5;1-2-8-6-4-7-3-5(1)6;5-3-1-7-2-4(6)8-3;5-4(6)3-1-2-3/h8-9,12-14H,4-7,10-11H2,1-3H3,(H,21,22,25);6-7,10-11H,4-5,8-9H2,1-3H3,(H2,16,18);3-5H,1-2H2,(H,11,12,13);5-8H,1-4H2;1-2H,(H2,6,8);3H,1-2H2. The minimum Gasteiger partial charge on any atom is -0.444 e. The third kappa shape index (κ3) is 19.5. The average molecular weight is 1220 g/mol.